The number of benzene rings is 1. The number of nitrogens with two attached hydrogens (primary N) is 1. The maximum absolute atomic E-state index is 13.0. The zero-order chi connectivity index (χ0) is 17.2. The van der Waals surface area contributed by atoms with E-state index < -0.39 is 35.7 Å². The molecule has 8 heteroatoms. The van der Waals surface area contributed by atoms with Gasteiger partial charge in [0.15, 0.2) is 0 Å². The van der Waals surface area contributed by atoms with Gasteiger partial charge in [-0.15, -0.1) is 0 Å². The normalized spacial score (nSPS) is 22.0. The number of nitrogens with zero attached hydrogens (tertiary/aromatic N) is 1. The third-order valence-electron chi connectivity index (χ3n) is 3.76. The summed E-state index contributed by atoms with van der Waals surface area (Å²) in [6, 6.07) is 4.33. The van der Waals surface area contributed by atoms with Crippen molar-refractivity contribution in [3.05, 3.63) is 35.6 Å². The Morgan fingerprint density at radius 3 is 2.57 bits per heavy atom. The molecule has 23 heavy (non-hydrogen) atoms. The lowest BCUT2D eigenvalue weighted by Crippen LogP contribution is -2.46. The molecular formula is C15H19FN4O3. The van der Waals surface area contributed by atoms with Crippen LogP contribution in [-0.2, 0) is 15.1 Å². The third kappa shape index (κ3) is 3.31. The van der Waals surface area contributed by atoms with Gasteiger partial charge in [-0.3, -0.25) is 14.5 Å². The fourth-order valence-corrected chi connectivity index (χ4v) is 2.34. The molecule has 7 nitrogen and oxygen atoms in total. The zero-order valence-electron chi connectivity index (χ0n) is 12.9. The van der Waals surface area contributed by atoms with Crippen molar-refractivity contribution in [3.63, 3.8) is 0 Å². The smallest absolute Gasteiger partial charge is 0.325 e. The van der Waals surface area contributed by atoms with E-state index in [9.17, 15) is 18.8 Å². The molecule has 4 amide bonds. The number of carbonyl (C=O) groups excluding carboxylic acids is 3. The minimum atomic E-state index is -1.33. The van der Waals surface area contributed by atoms with E-state index in [1.807, 2.05) is 0 Å². The first-order valence-electron chi connectivity index (χ1n) is 7.17. The highest BCUT2D eigenvalue weighted by Crippen LogP contribution is 2.28. The van der Waals surface area contributed by atoms with E-state index in [4.69, 9.17) is 5.73 Å². The van der Waals surface area contributed by atoms with Crippen LogP contribution in [0.4, 0.5) is 9.18 Å². The Balaban J connectivity index is 2.16. The van der Waals surface area contributed by atoms with Crippen LogP contribution < -0.4 is 16.4 Å². The first-order valence-corrected chi connectivity index (χ1v) is 7.17. The number of carbonyl (C=O) groups is 3. The average Bonchev–Trinajstić information content (AvgIpc) is 2.72. The Labute approximate surface area is 133 Å². The van der Waals surface area contributed by atoms with Crippen LogP contribution in [0, 0.1) is 5.82 Å². The number of urea groups is 1. The Morgan fingerprint density at radius 1 is 1.39 bits per heavy atom. The topological polar surface area (TPSA) is 105 Å². The number of imide groups is 1. The summed E-state index contributed by atoms with van der Waals surface area (Å²) >= 11 is 0. The highest BCUT2D eigenvalue weighted by atomic mass is 19.1. The molecule has 124 valence electrons. The molecule has 2 atom stereocenters. The molecule has 0 saturated carbocycles. The Morgan fingerprint density at radius 2 is 2.00 bits per heavy atom. The van der Waals surface area contributed by atoms with E-state index >= 15 is 0 Å². The van der Waals surface area contributed by atoms with Crippen LogP contribution in [0.15, 0.2) is 24.3 Å². The molecule has 1 saturated heterocycles. The first-order chi connectivity index (χ1) is 10.8. The molecule has 1 aromatic rings. The van der Waals surface area contributed by atoms with Gasteiger partial charge < -0.3 is 16.4 Å². The summed E-state index contributed by atoms with van der Waals surface area (Å²) in [4.78, 5) is 37.3. The van der Waals surface area contributed by atoms with Crippen LogP contribution in [0.2, 0.25) is 0 Å². The third-order valence-corrected chi connectivity index (χ3v) is 3.76. The van der Waals surface area contributed by atoms with E-state index in [1.165, 1.54) is 31.2 Å². The van der Waals surface area contributed by atoms with Crippen molar-refractivity contribution in [3.8, 4) is 0 Å². The van der Waals surface area contributed by atoms with Gasteiger partial charge >= 0.3 is 6.03 Å². The second kappa shape index (κ2) is 6.33. The minimum absolute atomic E-state index is 0.249. The van der Waals surface area contributed by atoms with Gasteiger partial charge in [0.2, 0.25) is 5.91 Å². The maximum Gasteiger partial charge on any atom is 0.325 e. The van der Waals surface area contributed by atoms with Gasteiger partial charge in [-0.25, -0.2) is 9.18 Å². The zero-order valence-corrected chi connectivity index (χ0v) is 12.9. The van der Waals surface area contributed by atoms with Crippen molar-refractivity contribution in [2.45, 2.75) is 25.4 Å². The van der Waals surface area contributed by atoms with Crippen molar-refractivity contribution in [2.24, 2.45) is 5.73 Å². The lowest BCUT2D eigenvalue weighted by Gasteiger charge is -2.22. The summed E-state index contributed by atoms with van der Waals surface area (Å²) in [5, 5.41) is 5.13. The molecule has 0 radical (unpaired) electrons. The molecule has 1 aliphatic rings. The van der Waals surface area contributed by atoms with Gasteiger partial charge in [0.25, 0.3) is 5.91 Å². The first kappa shape index (κ1) is 16.9. The highest BCUT2D eigenvalue weighted by molar-refractivity contribution is 6.09. The SMILES string of the molecule is C[C@@H](CN)NC(=O)CN1C(=O)NC(C)(c2ccc(F)cc2)C1=O. The molecule has 4 N–H and O–H groups in total. The molecule has 1 aliphatic heterocycles. The van der Waals surface area contributed by atoms with Crippen LogP contribution in [-0.4, -0.2) is 41.9 Å². The van der Waals surface area contributed by atoms with Gasteiger partial charge in [0.1, 0.15) is 17.9 Å². The van der Waals surface area contributed by atoms with Crippen molar-refractivity contribution in [1.29, 1.82) is 0 Å². The molecule has 0 aromatic heterocycles. The number of nitrogens with one attached hydrogen (secondary N) is 2. The molecule has 1 heterocycles. The lowest BCUT2D eigenvalue weighted by molar-refractivity contribution is -0.135. The fraction of sp³-hybridized carbons (Fsp3) is 0.400. The van der Waals surface area contributed by atoms with E-state index in [0.29, 0.717) is 5.56 Å². The van der Waals surface area contributed by atoms with Crippen LogP contribution in [0.1, 0.15) is 19.4 Å². The summed E-state index contributed by atoms with van der Waals surface area (Å²) in [5.74, 6) is -1.49. The number of amides is 4. The van der Waals surface area contributed by atoms with Crippen LogP contribution in [0.3, 0.4) is 0 Å². The summed E-state index contributed by atoms with van der Waals surface area (Å²) in [7, 11) is 0. The quantitative estimate of drug-likeness (QED) is 0.667. The number of hydrogen-bond donors (Lipinski definition) is 3. The van der Waals surface area contributed by atoms with Crippen LogP contribution in [0.5, 0.6) is 0 Å². The van der Waals surface area contributed by atoms with Crippen molar-refractivity contribution >= 4 is 17.8 Å². The predicted octanol–water partition coefficient (Wildman–Crippen LogP) is 0.0561. The molecular weight excluding hydrogens is 303 g/mol. The van der Waals surface area contributed by atoms with Crippen LogP contribution in [0.25, 0.3) is 0 Å². The van der Waals surface area contributed by atoms with Gasteiger partial charge in [0, 0.05) is 12.6 Å². The molecule has 0 spiro atoms. The molecule has 0 aliphatic carbocycles. The number of rotatable bonds is 5. The predicted molar refractivity (Wildman–Crippen MR) is 80.7 cm³/mol. The van der Waals surface area contributed by atoms with E-state index in [1.54, 1.807) is 6.92 Å². The van der Waals surface area contributed by atoms with E-state index in [-0.39, 0.29) is 12.6 Å². The second-order valence-electron chi connectivity index (χ2n) is 5.66. The van der Waals surface area contributed by atoms with Crippen molar-refractivity contribution in [2.75, 3.05) is 13.1 Å². The summed E-state index contributed by atoms with van der Waals surface area (Å²) in [5.41, 5.74) is 4.52. The summed E-state index contributed by atoms with van der Waals surface area (Å²) in [6.45, 7) is 3.08. The standard InChI is InChI=1S/C15H19FN4O3/c1-9(7-17)18-12(21)8-20-13(22)15(2,19-14(20)23)10-3-5-11(16)6-4-10/h3-6,9H,7-8,17H2,1-2H3,(H,18,21)(H,19,23)/t9-,15?/m0/s1. The Hall–Kier alpha value is -2.48. The van der Waals surface area contributed by atoms with Crippen molar-refractivity contribution < 1.29 is 18.8 Å². The van der Waals surface area contributed by atoms with Gasteiger partial charge in [0.05, 0.1) is 0 Å². The monoisotopic (exact) mass is 322 g/mol. The van der Waals surface area contributed by atoms with Crippen LogP contribution >= 0.6 is 0 Å². The lowest BCUT2D eigenvalue weighted by atomic mass is 9.92. The summed E-state index contributed by atoms with van der Waals surface area (Å²) in [6.07, 6.45) is 0. The highest BCUT2D eigenvalue weighted by Gasteiger charge is 2.49. The molecule has 0 bridgehead atoms. The molecule has 2 rings (SSSR count). The number of halogens is 1. The fourth-order valence-electron chi connectivity index (χ4n) is 2.34. The molecule has 1 fully saturated rings. The second-order valence-corrected chi connectivity index (χ2v) is 5.66. The maximum atomic E-state index is 13.0. The van der Waals surface area contributed by atoms with E-state index in [2.05, 4.69) is 10.6 Å². The Bertz CT molecular complexity index is 634. The largest absolute Gasteiger partial charge is 0.351 e. The van der Waals surface area contributed by atoms with Gasteiger partial charge in [-0.2, -0.15) is 0 Å². The minimum Gasteiger partial charge on any atom is -0.351 e. The van der Waals surface area contributed by atoms with Gasteiger partial charge in [-0.05, 0) is 31.5 Å². The summed E-state index contributed by atoms with van der Waals surface area (Å²) < 4.78 is 13.0. The molecule has 1 aromatic carbocycles. The molecule has 1 unspecified atom stereocenters. The average molecular weight is 322 g/mol. The van der Waals surface area contributed by atoms with Gasteiger partial charge in [-0.1, -0.05) is 12.1 Å². The van der Waals surface area contributed by atoms with Crippen molar-refractivity contribution in [1.82, 2.24) is 15.5 Å². The number of hydrogen-bond acceptors (Lipinski definition) is 4. The van der Waals surface area contributed by atoms with E-state index in [0.717, 1.165) is 4.90 Å². The Kier molecular flexibility index (Phi) is 4.65.